The lowest BCUT2D eigenvalue weighted by Gasteiger charge is -2.12. The number of nitrogens with zero attached hydrogens (tertiary/aromatic N) is 3. The van der Waals surface area contributed by atoms with Gasteiger partial charge in [0.2, 0.25) is 0 Å². The van der Waals surface area contributed by atoms with E-state index < -0.39 is 0 Å². The van der Waals surface area contributed by atoms with E-state index in [0.717, 1.165) is 17.2 Å². The highest BCUT2D eigenvalue weighted by Crippen LogP contribution is 2.20. The maximum absolute atomic E-state index is 5.91. The first-order valence-corrected chi connectivity index (χ1v) is 5.51. The minimum Gasteiger partial charge on any atom is -0.323 e. The molecule has 2 rings (SSSR count). The summed E-state index contributed by atoms with van der Waals surface area (Å²) in [4.78, 5) is 4.52. The number of rotatable bonds is 1. The number of pyridine rings is 1. The molecule has 0 fully saturated rings. The molecular weight excluding hydrogens is 200 g/mol. The normalized spacial score (nSPS) is 14.3. The Labute approximate surface area is 95.5 Å². The van der Waals surface area contributed by atoms with Gasteiger partial charge < -0.3 is 5.73 Å². The average molecular weight is 218 g/mol. The van der Waals surface area contributed by atoms with Crippen LogP contribution in [0.4, 0.5) is 0 Å². The quantitative estimate of drug-likeness (QED) is 0.797. The van der Waals surface area contributed by atoms with Crippen LogP contribution in [0.25, 0.3) is 5.65 Å². The first kappa shape index (κ1) is 11.1. The molecule has 1 unspecified atom stereocenters. The largest absolute Gasteiger partial charge is 0.323 e. The Morgan fingerprint density at radius 2 is 2.00 bits per heavy atom. The van der Waals surface area contributed by atoms with Gasteiger partial charge in [-0.05, 0) is 19.1 Å². The molecule has 0 aliphatic rings. The van der Waals surface area contributed by atoms with Gasteiger partial charge >= 0.3 is 0 Å². The van der Waals surface area contributed by atoms with Gasteiger partial charge in [0.05, 0.1) is 5.69 Å². The van der Waals surface area contributed by atoms with Crippen LogP contribution in [0, 0.1) is 0 Å². The smallest absolute Gasteiger partial charge is 0.157 e. The fourth-order valence-electron chi connectivity index (χ4n) is 1.59. The Morgan fingerprint density at radius 1 is 1.31 bits per heavy atom. The van der Waals surface area contributed by atoms with Crippen molar-refractivity contribution in [1.82, 2.24) is 14.6 Å². The van der Waals surface area contributed by atoms with E-state index in [1.165, 1.54) is 0 Å². The Kier molecular flexibility index (Phi) is 2.46. The van der Waals surface area contributed by atoms with Gasteiger partial charge in [0, 0.05) is 11.5 Å². The fraction of sp³-hybridized carbons (Fsp3) is 0.500. The first-order valence-electron chi connectivity index (χ1n) is 5.51. The van der Waals surface area contributed by atoms with Gasteiger partial charge in [-0.25, -0.2) is 9.50 Å². The minimum atomic E-state index is -0.0433. The molecule has 4 nitrogen and oxygen atoms in total. The van der Waals surface area contributed by atoms with E-state index in [2.05, 4.69) is 30.9 Å². The van der Waals surface area contributed by atoms with E-state index in [4.69, 9.17) is 5.73 Å². The van der Waals surface area contributed by atoms with E-state index in [9.17, 15) is 0 Å². The van der Waals surface area contributed by atoms with Gasteiger partial charge in [-0.3, -0.25) is 0 Å². The van der Waals surface area contributed by atoms with Gasteiger partial charge in [0.15, 0.2) is 11.5 Å². The molecule has 2 heterocycles. The molecule has 0 aromatic carbocycles. The van der Waals surface area contributed by atoms with Crippen molar-refractivity contribution < 1.29 is 0 Å². The Balaban J connectivity index is 2.66. The van der Waals surface area contributed by atoms with Crippen molar-refractivity contribution >= 4 is 5.65 Å². The number of nitrogens with two attached hydrogens (primary N) is 1. The lowest BCUT2D eigenvalue weighted by molar-refractivity contribution is 0.542. The van der Waals surface area contributed by atoms with Crippen molar-refractivity contribution in [3.05, 3.63) is 29.7 Å². The standard InChI is InChI=1S/C12H18N4/c1-8(13)9-6-5-7-10-14-11(12(2,3)4)15-16(9)10/h5-8H,13H2,1-4H3. The molecule has 2 aromatic rings. The monoisotopic (exact) mass is 218 g/mol. The second-order valence-corrected chi connectivity index (χ2v) is 5.19. The van der Waals surface area contributed by atoms with Crippen LogP contribution < -0.4 is 5.73 Å². The van der Waals surface area contributed by atoms with Crippen molar-refractivity contribution in [3.8, 4) is 0 Å². The zero-order chi connectivity index (χ0) is 11.9. The van der Waals surface area contributed by atoms with Crippen LogP contribution in [0.15, 0.2) is 18.2 Å². The minimum absolute atomic E-state index is 0.0405. The summed E-state index contributed by atoms with van der Waals surface area (Å²) in [7, 11) is 0. The summed E-state index contributed by atoms with van der Waals surface area (Å²) < 4.78 is 1.84. The summed E-state index contributed by atoms with van der Waals surface area (Å²) in [6.45, 7) is 8.27. The molecule has 0 saturated heterocycles. The predicted molar refractivity (Wildman–Crippen MR) is 64.3 cm³/mol. The number of fused-ring (bicyclic) bond motifs is 1. The highest BCUT2D eigenvalue weighted by molar-refractivity contribution is 5.40. The molecule has 86 valence electrons. The second kappa shape index (κ2) is 3.56. The third-order valence-electron chi connectivity index (χ3n) is 2.53. The van der Waals surface area contributed by atoms with E-state index in [1.54, 1.807) is 0 Å². The first-order chi connectivity index (χ1) is 7.39. The molecule has 0 spiro atoms. The third kappa shape index (κ3) is 1.80. The topological polar surface area (TPSA) is 56.2 Å². The molecule has 0 radical (unpaired) electrons. The third-order valence-corrected chi connectivity index (χ3v) is 2.53. The summed E-state index contributed by atoms with van der Waals surface area (Å²) in [6.07, 6.45) is 0. The zero-order valence-electron chi connectivity index (χ0n) is 10.2. The van der Waals surface area contributed by atoms with E-state index in [1.807, 2.05) is 29.6 Å². The molecule has 16 heavy (non-hydrogen) atoms. The van der Waals surface area contributed by atoms with Crippen LogP contribution in [0.3, 0.4) is 0 Å². The van der Waals surface area contributed by atoms with Crippen molar-refractivity contribution in [2.75, 3.05) is 0 Å². The van der Waals surface area contributed by atoms with Crippen LogP contribution >= 0.6 is 0 Å². The van der Waals surface area contributed by atoms with Crippen molar-refractivity contribution in [2.24, 2.45) is 5.73 Å². The molecule has 2 aromatic heterocycles. The summed E-state index contributed by atoms with van der Waals surface area (Å²) in [6, 6.07) is 5.86. The molecule has 0 aliphatic carbocycles. The van der Waals surface area contributed by atoms with Gasteiger partial charge in [-0.2, -0.15) is 5.10 Å². The Morgan fingerprint density at radius 3 is 2.56 bits per heavy atom. The summed E-state index contributed by atoms with van der Waals surface area (Å²) in [5.41, 5.74) is 7.72. The molecule has 0 bridgehead atoms. The number of hydrogen-bond acceptors (Lipinski definition) is 3. The highest BCUT2D eigenvalue weighted by Gasteiger charge is 2.20. The van der Waals surface area contributed by atoms with Crippen LogP contribution in [-0.2, 0) is 5.41 Å². The van der Waals surface area contributed by atoms with Crippen molar-refractivity contribution in [1.29, 1.82) is 0 Å². The lowest BCUT2D eigenvalue weighted by atomic mass is 9.96. The van der Waals surface area contributed by atoms with E-state index in [0.29, 0.717) is 0 Å². The summed E-state index contributed by atoms with van der Waals surface area (Å²) in [5.74, 6) is 0.848. The highest BCUT2D eigenvalue weighted by atomic mass is 15.3. The molecular formula is C12H18N4. The van der Waals surface area contributed by atoms with Gasteiger partial charge in [-0.15, -0.1) is 0 Å². The maximum atomic E-state index is 5.91. The number of aromatic nitrogens is 3. The number of hydrogen-bond donors (Lipinski definition) is 1. The molecule has 4 heteroatoms. The SMILES string of the molecule is CC(N)c1cccc2nc(C(C)(C)C)nn12. The molecule has 0 saturated carbocycles. The average Bonchev–Trinajstić information content (AvgIpc) is 2.59. The summed E-state index contributed by atoms with van der Waals surface area (Å²) >= 11 is 0. The van der Waals surface area contributed by atoms with Gasteiger partial charge in [0.1, 0.15) is 0 Å². The predicted octanol–water partition coefficient (Wildman–Crippen LogP) is 2.05. The van der Waals surface area contributed by atoms with Crippen LogP contribution in [0.1, 0.15) is 45.3 Å². The molecule has 1 atom stereocenters. The van der Waals surface area contributed by atoms with E-state index >= 15 is 0 Å². The molecule has 2 N–H and O–H groups in total. The van der Waals surface area contributed by atoms with E-state index in [-0.39, 0.29) is 11.5 Å². The second-order valence-electron chi connectivity index (χ2n) is 5.19. The Bertz CT molecular complexity index is 505. The maximum Gasteiger partial charge on any atom is 0.157 e. The molecule has 0 amide bonds. The van der Waals surface area contributed by atoms with Crippen molar-refractivity contribution in [3.63, 3.8) is 0 Å². The van der Waals surface area contributed by atoms with Crippen LogP contribution in [0.2, 0.25) is 0 Å². The fourth-order valence-corrected chi connectivity index (χ4v) is 1.59. The summed E-state index contributed by atoms with van der Waals surface area (Å²) in [5, 5.41) is 4.53. The van der Waals surface area contributed by atoms with Crippen LogP contribution in [0.5, 0.6) is 0 Å². The Hall–Kier alpha value is -1.42. The van der Waals surface area contributed by atoms with Crippen LogP contribution in [-0.4, -0.2) is 14.6 Å². The lowest BCUT2D eigenvalue weighted by Crippen LogP contribution is -2.15. The zero-order valence-corrected chi connectivity index (χ0v) is 10.2. The molecule has 0 aliphatic heterocycles. The van der Waals surface area contributed by atoms with Crippen molar-refractivity contribution in [2.45, 2.75) is 39.2 Å². The van der Waals surface area contributed by atoms with Gasteiger partial charge in [-0.1, -0.05) is 26.8 Å². The van der Waals surface area contributed by atoms with Gasteiger partial charge in [0.25, 0.3) is 0 Å².